The maximum Gasteiger partial charge on any atom is 0.341 e. The van der Waals surface area contributed by atoms with Crippen LogP contribution in [0.25, 0.3) is 0 Å². The number of aryl methyl sites for hydroxylation is 2. The fourth-order valence-electron chi connectivity index (χ4n) is 4.13. The zero-order chi connectivity index (χ0) is 19.0. The topological polar surface area (TPSA) is 41.6 Å². The lowest BCUT2D eigenvalue weighted by Crippen LogP contribution is -2.44. The van der Waals surface area contributed by atoms with Gasteiger partial charge in [-0.25, -0.2) is 4.79 Å². The molecule has 1 aliphatic carbocycles. The van der Waals surface area contributed by atoms with E-state index in [1.54, 1.807) is 11.3 Å². The molecule has 0 saturated carbocycles. The number of benzene rings is 1. The molecule has 1 atom stereocenters. The fraction of sp³-hybridized carbons (Fsp3) is 0.429. The molecule has 0 bridgehead atoms. The van der Waals surface area contributed by atoms with Crippen molar-refractivity contribution in [2.45, 2.75) is 51.5 Å². The highest BCUT2D eigenvalue weighted by molar-refractivity contribution is 7.80. The molecule has 2 heterocycles. The summed E-state index contributed by atoms with van der Waals surface area (Å²) in [5.74, 6) is -0.271. The number of methoxy groups -OCH3 is 1. The second-order valence-corrected chi connectivity index (χ2v) is 8.72. The number of nitrogens with one attached hydrogen (secondary N) is 1. The summed E-state index contributed by atoms with van der Waals surface area (Å²) in [4.78, 5) is 16.0. The standard InChI is InChI=1S/C21H24N2O2S2/c1-13-11-12-14-7-3-5-9-16(14)23(13)21(26)22-19-18(20(24)25-2)15-8-4-6-10-17(15)27-19/h3,5,7,9,13H,4,6,8,10-12H2,1-2H3,(H,22,26). The van der Waals surface area contributed by atoms with Gasteiger partial charge in [0.1, 0.15) is 5.00 Å². The number of hydrogen-bond acceptors (Lipinski definition) is 4. The predicted molar refractivity (Wildman–Crippen MR) is 115 cm³/mol. The molecule has 0 saturated heterocycles. The molecule has 1 unspecified atom stereocenters. The Morgan fingerprint density at radius 1 is 1.26 bits per heavy atom. The molecule has 1 aromatic heterocycles. The maximum absolute atomic E-state index is 12.5. The van der Waals surface area contributed by atoms with Crippen molar-refractivity contribution in [3.05, 3.63) is 45.8 Å². The quantitative estimate of drug-likeness (QED) is 0.570. The Kier molecular flexibility index (Phi) is 5.19. The Labute approximate surface area is 169 Å². The summed E-state index contributed by atoms with van der Waals surface area (Å²) in [6.45, 7) is 2.20. The largest absolute Gasteiger partial charge is 0.465 e. The third-order valence-electron chi connectivity index (χ3n) is 5.52. The van der Waals surface area contributed by atoms with Gasteiger partial charge in [0.05, 0.1) is 12.7 Å². The van der Waals surface area contributed by atoms with E-state index >= 15 is 0 Å². The zero-order valence-corrected chi connectivity index (χ0v) is 17.3. The molecule has 4 rings (SSSR count). The van der Waals surface area contributed by atoms with Gasteiger partial charge in [0, 0.05) is 16.6 Å². The molecule has 1 N–H and O–H groups in total. The van der Waals surface area contributed by atoms with Crippen molar-refractivity contribution >= 4 is 45.3 Å². The second kappa shape index (κ2) is 7.60. The molecule has 2 aliphatic rings. The molecule has 27 heavy (non-hydrogen) atoms. The van der Waals surface area contributed by atoms with E-state index < -0.39 is 0 Å². The summed E-state index contributed by atoms with van der Waals surface area (Å²) in [6, 6.07) is 8.74. The van der Waals surface area contributed by atoms with Gasteiger partial charge in [-0.3, -0.25) is 0 Å². The SMILES string of the molecule is COC(=O)c1c(NC(=S)N2c3ccccc3CCC2C)sc2c1CCCC2. The summed E-state index contributed by atoms with van der Waals surface area (Å²) in [5.41, 5.74) is 4.31. The summed E-state index contributed by atoms with van der Waals surface area (Å²) in [7, 11) is 1.44. The molecule has 2 aromatic rings. The van der Waals surface area contributed by atoms with E-state index in [1.165, 1.54) is 24.0 Å². The minimum atomic E-state index is -0.271. The van der Waals surface area contributed by atoms with Crippen molar-refractivity contribution < 1.29 is 9.53 Å². The monoisotopic (exact) mass is 400 g/mol. The number of anilines is 2. The number of fused-ring (bicyclic) bond motifs is 2. The highest BCUT2D eigenvalue weighted by Gasteiger charge is 2.30. The van der Waals surface area contributed by atoms with Crippen LogP contribution in [0.2, 0.25) is 0 Å². The number of nitrogens with zero attached hydrogens (tertiary/aromatic N) is 1. The van der Waals surface area contributed by atoms with E-state index in [0.717, 1.165) is 48.4 Å². The number of carbonyl (C=O) groups excluding carboxylic acids is 1. The van der Waals surface area contributed by atoms with Crippen molar-refractivity contribution in [2.24, 2.45) is 0 Å². The van der Waals surface area contributed by atoms with Crippen LogP contribution in [-0.2, 0) is 24.0 Å². The van der Waals surface area contributed by atoms with Gasteiger partial charge in [-0.2, -0.15) is 0 Å². The first-order valence-corrected chi connectivity index (χ1v) is 10.7. The average Bonchev–Trinajstić information content (AvgIpc) is 3.04. The molecule has 0 amide bonds. The fourth-order valence-corrected chi connectivity index (χ4v) is 5.85. The zero-order valence-electron chi connectivity index (χ0n) is 15.7. The first-order valence-electron chi connectivity index (χ1n) is 9.51. The van der Waals surface area contributed by atoms with Crippen molar-refractivity contribution in [3.63, 3.8) is 0 Å². The van der Waals surface area contributed by atoms with Crippen molar-refractivity contribution in [1.82, 2.24) is 0 Å². The normalized spacial score (nSPS) is 18.4. The van der Waals surface area contributed by atoms with Crippen LogP contribution in [0.4, 0.5) is 10.7 Å². The summed E-state index contributed by atoms with van der Waals surface area (Å²) < 4.78 is 5.08. The Balaban J connectivity index is 1.68. The van der Waals surface area contributed by atoms with Crippen LogP contribution < -0.4 is 10.2 Å². The lowest BCUT2D eigenvalue weighted by Gasteiger charge is -2.37. The maximum atomic E-state index is 12.5. The first-order chi connectivity index (χ1) is 13.1. The lowest BCUT2D eigenvalue weighted by atomic mass is 9.95. The van der Waals surface area contributed by atoms with Crippen LogP contribution in [0, 0.1) is 0 Å². The van der Waals surface area contributed by atoms with Gasteiger partial charge in [0.2, 0.25) is 0 Å². The van der Waals surface area contributed by atoms with Crippen LogP contribution in [0.5, 0.6) is 0 Å². The molecule has 4 nitrogen and oxygen atoms in total. The molecular formula is C21H24N2O2S2. The molecular weight excluding hydrogens is 376 g/mol. The van der Waals surface area contributed by atoms with Gasteiger partial charge in [-0.1, -0.05) is 18.2 Å². The van der Waals surface area contributed by atoms with E-state index in [2.05, 4.69) is 41.4 Å². The smallest absolute Gasteiger partial charge is 0.341 e. The Hall–Kier alpha value is -1.92. The van der Waals surface area contributed by atoms with E-state index in [9.17, 15) is 4.79 Å². The van der Waals surface area contributed by atoms with Gasteiger partial charge < -0.3 is 15.0 Å². The minimum absolute atomic E-state index is 0.271. The van der Waals surface area contributed by atoms with Gasteiger partial charge in [0.25, 0.3) is 0 Å². The van der Waals surface area contributed by atoms with Crippen LogP contribution >= 0.6 is 23.6 Å². The number of thiophene rings is 1. The summed E-state index contributed by atoms with van der Waals surface area (Å²) >= 11 is 7.46. The number of esters is 1. The molecule has 1 aliphatic heterocycles. The van der Waals surface area contributed by atoms with E-state index in [1.807, 2.05) is 0 Å². The predicted octanol–water partition coefficient (Wildman–Crippen LogP) is 4.95. The summed E-state index contributed by atoms with van der Waals surface area (Å²) in [5, 5.41) is 4.88. The third kappa shape index (κ3) is 3.36. The second-order valence-electron chi connectivity index (χ2n) is 7.22. The van der Waals surface area contributed by atoms with Crippen LogP contribution in [-0.4, -0.2) is 24.2 Å². The highest BCUT2D eigenvalue weighted by atomic mass is 32.1. The third-order valence-corrected chi connectivity index (χ3v) is 7.03. The molecule has 1 aromatic carbocycles. The molecule has 6 heteroatoms. The highest BCUT2D eigenvalue weighted by Crippen LogP contribution is 2.39. The Bertz CT molecular complexity index is 890. The number of para-hydroxylation sites is 1. The lowest BCUT2D eigenvalue weighted by molar-refractivity contribution is 0.0601. The summed E-state index contributed by atoms with van der Waals surface area (Å²) in [6.07, 6.45) is 6.39. The van der Waals surface area contributed by atoms with Crippen LogP contribution in [0.3, 0.4) is 0 Å². The van der Waals surface area contributed by atoms with Crippen LogP contribution in [0.1, 0.15) is 52.5 Å². The first kappa shape index (κ1) is 18.4. The molecule has 142 valence electrons. The number of rotatable bonds is 2. The van der Waals surface area contributed by atoms with E-state index in [-0.39, 0.29) is 5.97 Å². The van der Waals surface area contributed by atoms with E-state index in [4.69, 9.17) is 17.0 Å². The minimum Gasteiger partial charge on any atom is -0.465 e. The molecule has 0 fully saturated rings. The number of carbonyl (C=O) groups is 1. The average molecular weight is 401 g/mol. The van der Waals surface area contributed by atoms with Crippen molar-refractivity contribution in [2.75, 3.05) is 17.3 Å². The van der Waals surface area contributed by atoms with Gasteiger partial charge >= 0.3 is 5.97 Å². The Morgan fingerprint density at radius 2 is 2.04 bits per heavy atom. The van der Waals surface area contributed by atoms with Crippen LogP contribution in [0.15, 0.2) is 24.3 Å². The van der Waals surface area contributed by atoms with Crippen molar-refractivity contribution in [1.29, 1.82) is 0 Å². The number of ether oxygens (including phenoxy) is 1. The molecule has 0 spiro atoms. The Morgan fingerprint density at radius 3 is 2.85 bits per heavy atom. The van der Waals surface area contributed by atoms with Crippen molar-refractivity contribution in [3.8, 4) is 0 Å². The van der Waals surface area contributed by atoms with Gasteiger partial charge in [-0.15, -0.1) is 11.3 Å². The van der Waals surface area contributed by atoms with Gasteiger partial charge in [-0.05, 0) is 74.9 Å². The molecule has 0 radical (unpaired) electrons. The number of hydrogen-bond donors (Lipinski definition) is 1. The van der Waals surface area contributed by atoms with Gasteiger partial charge in [0.15, 0.2) is 5.11 Å². The van der Waals surface area contributed by atoms with E-state index in [0.29, 0.717) is 16.7 Å². The number of thiocarbonyl (C=S) groups is 1.